The summed E-state index contributed by atoms with van der Waals surface area (Å²) in [6, 6.07) is 2.28. The molecule has 102 valence electrons. The lowest BCUT2D eigenvalue weighted by molar-refractivity contribution is 0.313. The van der Waals surface area contributed by atoms with Crippen LogP contribution in [0.4, 0.5) is 0 Å². The van der Waals surface area contributed by atoms with Gasteiger partial charge in [0.15, 0.2) is 0 Å². The maximum absolute atomic E-state index is 5.96. The number of hydrogen-bond donors (Lipinski definition) is 1. The molecule has 1 aliphatic rings. The molecule has 1 aromatic rings. The summed E-state index contributed by atoms with van der Waals surface area (Å²) in [7, 11) is 2.07. The Morgan fingerprint density at radius 3 is 2.61 bits per heavy atom. The van der Waals surface area contributed by atoms with Crippen LogP contribution in [-0.2, 0) is 19.9 Å². The van der Waals surface area contributed by atoms with E-state index < -0.39 is 0 Å². The number of aromatic nitrogens is 2. The van der Waals surface area contributed by atoms with Gasteiger partial charge in [-0.25, -0.2) is 0 Å². The van der Waals surface area contributed by atoms with Crippen LogP contribution in [0.1, 0.15) is 50.4 Å². The van der Waals surface area contributed by atoms with E-state index >= 15 is 0 Å². The monoisotopic (exact) mass is 249 g/mol. The zero-order valence-electron chi connectivity index (χ0n) is 11.9. The second-order valence-corrected chi connectivity index (χ2v) is 5.70. The molecule has 1 fully saturated rings. The predicted octanol–water partition coefficient (Wildman–Crippen LogP) is 2.68. The number of hydrogen-bond acceptors (Lipinski definition) is 2. The summed E-state index contributed by atoms with van der Waals surface area (Å²) < 4.78 is 2.07. The van der Waals surface area contributed by atoms with Crippen molar-refractivity contribution in [3.05, 3.63) is 17.5 Å². The highest BCUT2D eigenvalue weighted by Gasteiger charge is 2.23. The second kappa shape index (κ2) is 6.37. The van der Waals surface area contributed by atoms with Gasteiger partial charge in [-0.1, -0.05) is 26.2 Å². The third-order valence-electron chi connectivity index (χ3n) is 4.48. The molecule has 2 rings (SSSR count). The Bertz CT molecular complexity index is 370. The van der Waals surface area contributed by atoms with E-state index in [1.54, 1.807) is 0 Å². The Kier molecular flexibility index (Phi) is 4.81. The van der Waals surface area contributed by atoms with Crippen molar-refractivity contribution >= 4 is 0 Å². The fourth-order valence-corrected chi connectivity index (χ4v) is 3.24. The van der Waals surface area contributed by atoms with Gasteiger partial charge in [0.1, 0.15) is 0 Å². The quantitative estimate of drug-likeness (QED) is 0.834. The van der Waals surface area contributed by atoms with Crippen molar-refractivity contribution in [1.82, 2.24) is 9.78 Å². The average Bonchev–Trinajstić information content (AvgIpc) is 2.60. The van der Waals surface area contributed by atoms with Gasteiger partial charge in [-0.15, -0.1) is 0 Å². The molecule has 1 aromatic heterocycles. The van der Waals surface area contributed by atoms with Crippen molar-refractivity contribution < 1.29 is 0 Å². The van der Waals surface area contributed by atoms with Crippen LogP contribution >= 0.6 is 0 Å². The smallest absolute Gasteiger partial charge is 0.0624 e. The highest BCUT2D eigenvalue weighted by molar-refractivity contribution is 5.11. The van der Waals surface area contributed by atoms with E-state index in [0.29, 0.717) is 5.92 Å². The van der Waals surface area contributed by atoms with Crippen LogP contribution < -0.4 is 5.73 Å². The van der Waals surface area contributed by atoms with Crippen LogP contribution in [0.3, 0.4) is 0 Å². The molecule has 0 spiro atoms. The van der Waals surface area contributed by atoms with Crippen molar-refractivity contribution in [2.75, 3.05) is 6.54 Å². The van der Waals surface area contributed by atoms with Gasteiger partial charge in [-0.05, 0) is 50.1 Å². The Morgan fingerprint density at radius 1 is 1.28 bits per heavy atom. The van der Waals surface area contributed by atoms with Crippen LogP contribution in [0.25, 0.3) is 0 Å². The van der Waals surface area contributed by atoms with Crippen molar-refractivity contribution in [2.24, 2.45) is 24.6 Å². The molecule has 3 heteroatoms. The standard InChI is InChI=1S/C15H27N3/c1-3-14-10-15(18(2)17-14)9-12-7-5-4-6-8-13(12)11-16/h10,12-13H,3-9,11,16H2,1-2H3. The van der Waals surface area contributed by atoms with Crippen molar-refractivity contribution in [1.29, 1.82) is 0 Å². The summed E-state index contributed by atoms with van der Waals surface area (Å²) in [6.07, 6.45) is 8.97. The number of nitrogens with two attached hydrogens (primary N) is 1. The lowest BCUT2D eigenvalue weighted by Gasteiger charge is -2.23. The molecule has 0 aliphatic heterocycles. The zero-order valence-corrected chi connectivity index (χ0v) is 11.9. The van der Waals surface area contributed by atoms with E-state index in [1.165, 1.54) is 43.5 Å². The Balaban J connectivity index is 2.07. The molecular formula is C15H27N3. The predicted molar refractivity (Wildman–Crippen MR) is 75.4 cm³/mol. The molecule has 2 N–H and O–H groups in total. The summed E-state index contributed by atoms with van der Waals surface area (Å²) in [6.45, 7) is 3.02. The first-order valence-corrected chi connectivity index (χ1v) is 7.46. The molecular weight excluding hydrogens is 222 g/mol. The van der Waals surface area contributed by atoms with Gasteiger partial charge in [0.05, 0.1) is 5.69 Å². The summed E-state index contributed by atoms with van der Waals surface area (Å²) in [5.41, 5.74) is 8.56. The van der Waals surface area contributed by atoms with Gasteiger partial charge >= 0.3 is 0 Å². The van der Waals surface area contributed by atoms with E-state index in [0.717, 1.165) is 25.3 Å². The van der Waals surface area contributed by atoms with Crippen LogP contribution in [0.5, 0.6) is 0 Å². The lowest BCUT2D eigenvalue weighted by Crippen LogP contribution is -2.24. The Labute approximate surface area is 111 Å². The number of nitrogens with zero attached hydrogens (tertiary/aromatic N) is 2. The summed E-state index contributed by atoms with van der Waals surface area (Å²) in [4.78, 5) is 0. The number of aryl methyl sites for hydroxylation is 2. The third-order valence-corrected chi connectivity index (χ3v) is 4.48. The van der Waals surface area contributed by atoms with E-state index in [-0.39, 0.29) is 0 Å². The molecule has 3 nitrogen and oxygen atoms in total. The minimum Gasteiger partial charge on any atom is -0.330 e. The normalized spacial score (nSPS) is 25.1. The SMILES string of the molecule is CCc1cc(CC2CCCCCC2CN)n(C)n1. The maximum Gasteiger partial charge on any atom is 0.0624 e. The van der Waals surface area contributed by atoms with Crippen LogP contribution in [-0.4, -0.2) is 16.3 Å². The molecule has 18 heavy (non-hydrogen) atoms. The van der Waals surface area contributed by atoms with Gasteiger partial charge in [0.25, 0.3) is 0 Å². The van der Waals surface area contributed by atoms with Crippen molar-refractivity contribution in [2.45, 2.75) is 51.9 Å². The van der Waals surface area contributed by atoms with E-state index in [9.17, 15) is 0 Å². The fraction of sp³-hybridized carbons (Fsp3) is 0.800. The van der Waals surface area contributed by atoms with Gasteiger partial charge in [-0.2, -0.15) is 5.10 Å². The van der Waals surface area contributed by atoms with Gasteiger partial charge in [0.2, 0.25) is 0 Å². The molecule has 2 unspecified atom stereocenters. The topological polar surface area (TPSA) is 43.8 Å². The molecule has 0 aromatic carbocycles. The Morgan fingerprint density at radius 2 is 2.00 bits per heavy atom. The molecule has 0 saturated heterocycles. The highest BCUT2D eigenvalue weighted by Crippen LogP contribution is 2.30. The number of rotatable bonds is 4. The largest absolute Gasteiger partial charge is 0.330 e. The minimum absolute atomic E-state index is 0.715. The molecule has 2 atom stereocenters. The molecule has 0 radical (unpaired) electrons. The van der Waals surface area contributed by atoms with Gasteiger partial charge < -0.3 is 5.73 Å². The molecule has 1 saturated carbocycles. The maximum atomic E-state index is 5.96. The first-order chi connectivity index (χ1) is 8.74. The van der Waals surface area contributed by atoms with Crippen molar-refractivity contribution in [3.8, 4) is 0 Å². The fourth-order valence-electron chi connectivity index (χ4n) is 3.24. The zero-order chi connectivity index (χ0) is 13.0. The first-order valence-electron chi connectivity index (χ1n) is 7.46. The summed E-state index contributed by atoms with van der Waals surface area (Å²) in [5.74, 6) is 1.48. The lowest BCUT2D eigenvalue weighted by atomic mass is 9.84. The molecule has 0 bridgehead atoms. The average molecular weight is 249 g/mol. The van der Waals surface area contributed by atoms with Gasteiger partial charge in [0, 0.05) is 12.7 Å². The third kappa shape index (κ3) is 3.14. The highest BCUT2D eigenvalue weighted by atomic mass is 15.3. The summed E-state index contributed by atoms with van der Waals surface area (Å²) in [5, 5.41) is 4.55. The molecule has 0 amide bonds. The van der Waals surface area contributed by atoms with Crippen molar-refractivity contribution in [3.63, 3.8) is 0 Å². The molecule has 1 aliphatic carbocycles. The first kappa shape index (κ1) is 13.6. The van der Waals surface area contributed by atoms with E-state index in [1.807, 2.05) is 0 Å². The molecule has 1 heterocycles. The second-order valence-electron chi connectivity index (χ2n) is 5.70. The van der Waals surface area contributed by atoms with E-state index in [4.69, 9.17) is 5.73 Å². The van der Waals surface area contributed by atoms with Crippen LogP contribution in [0, 0.1) is 11.8 Å². The van der Waals surface area contributed by atoms with E-state index in [2.05, 4.69) is 29.8 Å². The summed E-state index contributed by atoms with van der Waals surface area (Å²) >= 11 is 0. The Hall–Kier alpha value is -0.830. The minimum atomic E-state index is 0.715. The van der Waals surface area contributed by atoms with Crippen LogP contribution in [0.2, 0.25) is 0 Å². The van der Waals surface area contributed by atoms with Crippen LogP contribution in [0.15, 0.2) is 6.07 Å². The van der Waals surface area contributed by atoms with Gasteiger partial charge in [-0.3, -0.25) is 4.68 Å².